The lowest BCUT2D eigenvalue weighted by molar-refractivity contribution is -0.0190. The summed E-state index contributed by atoms with van der Waals surface area (Å²) in [5, 5.41) is 9.83. The van der Waals surface area contributed by atoms with Crippen LogP contribution >= 0.6 is 22.9 Å². The fraction of sp³-hybridized carbons (Fsp3) is 0.227. The van der Waals surface area contributed by atoms with Gasteiger partial charge in [0, 0.05) is 22.6 Å². The number of ether oxygens (including phenoxy) is 2. The van der Waals surface area contributed by atoms with Crippen LogP contribution < -0.4 is 9.47 Å². The molecule has 0 spiro atoms. The van der Waals surface area contributed by atoms with Crippen LogP contribution in [0.4, 0.5) is 0 Å². The summed E-state index contributed by atoms with van der Waals surface area (Å²) in [6.07, 6.45) is 0.553. The second-order valence-corrected chi connectivity index (χ2v) is 8.16. The summed E-state index contributed by atoms with van der Waals surface area (Å²) in [5.41, 5.74) is 3.22. The predicted molar refractivity (Wildman–Crippen MR) is 112 cm³/mol. The van der Waals surface area contributed by atoms with Gasteiger partial charge in [0.25, 0.3) is 0 Å². The maximum atomic E-state index is 6.38. The molecule has 3 aromatic rings. The minimum absolute atomic E-state index is 0.108. The van der Waals surface area contributed by atoms with Gasteiger partial charge in [-0.05, 0) is 60.8 Å². The van der Waals surface area contributed by atoms with Crippen LogP contribution in [0.5, 0.6) is 11.5 Å². The SMILES string of the molecule is CCOc1ccc([C@H]2Oc3ccc(Cl)cc3[C@@H]3CC(c4cccs4)=NN23)cc1. The van der Waals surface area contributed by atoms with Crippen LogP contribution in [-0.4, -0.2) is 17.3 Å². The van der Waals surface area contributed by atoms with Crippen molar-refractivity contribution >= 4 is 28.6 Å². The van der Waals surface area contributed by atoms with E-state index in [0.29, 0.717) is 11.6 Å². The van der Waals surface area contributed by atoms with Gasteiger partial charge in [-0.3, -0.25) is 0 Å². The summed E-state index contributed by atoms with van der Waals surface area (Å²) in [4.78, 5) is 1.20. The number of thiophene rings is 1. The van der Waals surface area contributed by atoms with Gasteiger partial charge in [0.2, 0.25) is 6.23 Å². The molecule has 0 unspecified atom stereocenters. The molecular weight excluding hydrogens is 392 g/mol. The fourth-order valence-corrected chi connectivity index (χ4v) is 4.67. The number of benzene rings is 2. The van der Waals surface area contributed by atoms with E-state index in [4.69, 9.17) is 26.2 Å². The molecule has 0 saturated carbocycles. The molecule has 28 heavy (non-hydrogen) atoms. The van der Waals surface area contributed by atoms with Crippen molar-refractivity contribution in [2.75, 3.05) is 6.61 Å². The molecule has 1 aromatic heterocycles. The van der Waals surface area contributed by atoms with Gasteiger partial charge in [0.15, 0.2) is 0 Å². The number of halogens is 1. The largest absolute Gasteiger partial charge is 0.494 e. The molecule has 5 rings (SSSR count). The quantitative estimate of drug-likeness (QED) is 0.525. The normalized spacial score (nSPS) is 20.2. The molecule has 3 heterocycles. The Morgan fingerprint density at radius 2 is 2.07 bits per heavy atom. The van der Waals surface area contributed by atoms with Gasteiger partial charge in [0.1, 0.15) is 11.5 Å². The predicted octanol–water partition coefficient (Wildman–Crippen LogP) is 6.04. The molecule has 0 amide bonds. The van der Waals surface area contributed by atoms with Gasteiger partial charge < -0.3 is 9.47 Å². The van der Waals surface area contributed by atoms with Crippen molar-refractivity contribution in [2.24, 2.45) is 5.10 Å². The molecule has 2 aromatic carbocycles. The van der Waals surface area contributed by atoms with Crippen LogP contribution in [0.15, 0.2) is 65.1 Å². The van der Waals surface area contributed by atoms with Crippen LogP contribution in [0.2, 0.25) is 5.02 Å². The highest BCUT2D eigenvalue weighted by molar-refractivity contribution is 7.12. The van der Waals surface area contributed by atoms with Gasteiger partial charge in [-0.15, -0.1) is 11.3 Å². The summed E-state index contributed by atoms with van der Waals surface area (Å²) in [5.74, 6) is 1.72. The lowest BCUT2D eigenvalue weighted by Crippen LogP contribution is -2.33. The summed E-state index contributed by atoms with van der Waals surface area (Å²) in [6.45, 7) is 2.63. The third kappa shape index (κ3) is 3.05. The third-order valence-corrected chi connectivity index (χ3v) is 6.19. The zero-order valence-corrected chi connectivity index (χ0v) is 16.9. The van der Waals surface area contributed by atoms with E-state index in [0.717, 1.165) is 34.8 Å². The van der Waals surface area contributed by atoms with Crippen molar-refractivity contribution < 1.29 is 9.47 Å². The maximum absolute atomic E-state index is 6.38. The highest BCUT2D eigenvalue weighted by atomic mass is 35.5. The highest BCUT2D eigenvalue weighted by Crippen LogP contribution is 2.48. The summed E-state index contributed by atoms with van der Waals surface area (Å²) in [6, 6.07) is 18.2. The number of fused-ring (bicyclic) bond motifs is 3. The van der Waals surface area contributed by atoms with E-state index in [1.807, 2.05) is 49.4 Å². The van der Waals surface area contributed by atoms with Crippen molar-refractivity contribution in [1.29, 1.82) is 0 Å². The minimum atomic E-state index is -0.285. The van der Waals surface area contributed by atoms with Crippen LogP contribution in [0.1, 0.15) is 41.6 Å². The maximum Gasteiger partial charge on any atom is 0.213 e. The number of hydrazone groups is 1. The lowest BCUT2D eigenvalue weighted by atomic mass is 9.97. The van der Waals surface area contributed by atoms with Crippen LogP contribution in [-0.2, 0) is 0 Å². The van der Waals surface area contributed by atoms with E-state index < -0.39 is 0 Å². The fourth-order valence-electron chi connectivity index (χ4n) is 3.76. The Kier molecular flexibility index (Phi) is 4.49. The molecular formula is C22H19ClN2O2S. The molecule has 2 aliphatic rings. The second kappa shape index (κ2) is 7.15. The van der Waals surface area contributed by atoms with Crippen molar-refractivity contribution in [3.63, 3.8) is 0 Å². The van der Waals surface area contributed by atoms with Crippen molar-refractivity contribution in [3.05, 3.63) is 81.0 Å². The van der Waals surface area contributed by atoms with Gasteiger partial charge in [0.05, 0.1) is 23.2 Å². The zero-order chi connectivity index (χ0) is 19.1. The van der Waals surface area contributed by atoms with Crippen LogP contribution in [0, 0.1) is 0 Å². The van der Waals surface area contributed by atoms with Gasteiger partial charge in [-0.2, -0.15) is 5.10 Å². The van der Waals surface area contributed by atoms with Crippen molar-refractivity contribution in [3.8, 4) is 11.5 Å². The average molecular weight is 411 g/mol. The molecule has 2 atom stereocenters. The lowest BCUT2D eigenvalue weighted by Gasteiger charge is -2.38. The Bertz CT molecular complexity index is 1020. The molecule has 0 fully saturated rings. The molecule has 142 valence electrons. The van der Waals surface area contributed by atoms with E-state index in [-0.39, 0.29) is 12.3 Å². The molecule has 4 nitrogen and oxygen atoms in total. The van der Waals surface area contributed by atoms with Crippen molar-refractivity contribution in [2.45, 2.75) is 25.6 Å². The molecule has 0 N–H and O–H groups in total. The number of nitrogens with zero attached hydrogens (tertiary/aromatic N) is 2. The standard InChI is InChI=1S/C22H19ClN2O2S/c1-2-26-16-8-5-14(6-9-16)22-25-19(13-18(24-25)21-4-3-11-28-21)17-12-15(23)7-10-20(17)27-22/h3-12,19,22H,2,13H2,1H3/t19-,22+/m0/s1. The highest BCUT2D eigenvalue weighted by Gasteiger charge is 2.41. The summed E-state index contributed by atoms with van der Waals surface area (Å²) >= 11 is 7.99. The topological polar surface area (TPSA) is 34.1 Å². The Hall–Kier alpha value is -2.50. The number of hydrogen-bond acceptors (Lipinski definition) is 5. The molecule has 0 radical (unpaired) electrons. The van der Waals surface area contributed by atoms with E-state index in [1.54, 1.807) is 11.3 Å². The van der Waals surface area contributed by atoms with E-state index in [2.05, 4.69) is 22.5 Å². The van der Waals surface area contributed by atoms with Crippen LogP contribution in [0.25, 0.3) is 0 Å². The average Bonchev–Trinajstić information content (AvgIpc) is 3.38. The molecule has 0 bridgehead atoms. The first-order chi connectivity index (χ1) is 13.7. The Balaban J connectivity index is 1.55. The second-order valence-electron chi connectivity index (χ2n) is 6.78. The van der Waals surface area contributed by atoms with Crippen LogP contribution in [0.3, 0.4) is 0 Å². The zero-order valence-electron chi connectivity index (χ0n) is 15.3. The number of rotatable bonds is 4. The summed E-state index contributed by atoms with van der Waals surface area (Å²) in [7, 11) is 0. The molecule has 0 aliphatic carbocycles. The Labute approximate surface area is 173 Å². The van der Waals surface area contributed by atoms with E-state index >= 15 is 0 Å². The molecule has 2 aliphatic heterocycles. The first kappa shape index (κ1) is 17.6. The Morgan fingerprint density at radius 3 is 2.82 bits per heavy atom. The number of hydrogen-bond donors (Lipinski definition) is 0. The van der Waals surface area contributed by atoms with Gasteiger partial charge in [-0.25, -0.2) is 5.01 Å². The molecule has 0 saturated heterocycles. The van der Waals surface area contributed by atoms with E-state index in [1.165, 1.54) is 4.88 Å². The minimum Gasteiger partial charge on any atom is -0.494 e. The molecule has 6 heteroatoms. The third-order valence-electron chi connectivity index (χ3n) is 5.03. The Morgan fingerprint density at radius 1 is 1.21 bits per heavy atom. The summed E-state index contributed by atoms with van der Waals surface area (Å²) < 4.78 is 12.0. The van der Waals surface area contributed by atoms with Gasteiger partial charge in [-0.1, -0.05) is 17.7 Å². The smallest absolute Gasteiger partial charge is 0.213 e. The van der Waals surface area contributed by atoms with E-state index in [9.17, 15) is 0 Å². The monoisotopic (exact) mass is 410 g/mol. The first-order valence-electron chi connectivity index (χ1n) is 9.31. The van der Waals surface area contributed by atoms with Gasteiger partial charge >= 0.3 is 0 Å². The first-order valence-corrected chi connectivity index (χ1v) is 10.6. The van der Waals surface area contributed by atoms with Crippen molar-refractivity contribution in [1.82, 2.24) is 5.01 Å².